The molecule has 3 fully saturated rings. The third-order valence-electron chi connectivity index (χ3n) is 2.91. The molecule has 0 aliphatic carbocycles. The molecule has 0 radical (unpaired) electrons. The average molecular weight is 154 g/mol. The van der Waals surface area contributed by atoms with Crippen molar-refractivity contribution in [2.24, 2.45) is 5.92 Å². The van der Waals surface area contributed by atoms with E-state index in [1.165, 1.54) is 32.4 Å². The second-order valence-electron chi connectivity index (χ2n) is 3.52. The molecule has 1 amide bonds. The molecule has 1 atom stereocenters. The van der Waals surface area contributed by atoms with Crippen molar-refractivity contribution in [2.75, 3.05) is 13.1 Å². The number of piperidine rings is 3. The van der Waals surface area contributed by atoms with E-state index >= 15 is 0 Å². The fourth-order valence-corrected chi connectivity index (χ4v) is 2.22. The van der Waals surface area contributed by atoms with Gasteiger partial charge in [0.2, 0.25) is 6.41 Å². The van der Waals surface area contributed by atoms with Crippen LogP contribution in [0, 0.1) is 5.92 Å². The zero-order valence-corrected chi connectivity index (χ0v) is 6.62. The largest absolute Gasteiger partial charge is 0.343 e. The molecule has 0 aromatic carbocycles. The van der Waals surface area contributed by atoms with E-state index in [0.29, 0.717) is 6.17 Å². The summed E-state index contributed by atoms with van der Waals surface area (Å²) in [4.78, 5) is 12.6. The summed E-state index contributed by atoms with van der Waals surface area (Å²) in [5, 5.41) is 2.86. The minimum Gasteiger partial charge on any atom is -0.343 e. The standard InChI is InChI=1S/C8H14N2O/c11-6-9-8-5-7-1-3-10(8)4-2-7/h6-8H,1-5H2,(H,9,11). The van der Waals surface area contributed by atoms with Gasteiger partial charge in [0.25, 0.3) is 0 Å². The Balaban J connectivity index is 1.97. The van der Waals surface area contributed by atoms with Crippen LogP contribution in [0.3, 0.4) is 0 Å². The molecule has 3 saturated heterocycles. The minimum atomic E-state index is 0.347. The van der Waals surface area contributed by atoms with Crippen LogP contribution in [0.5, 0.6) is 0 Å². The zero-order chi connectivity index (χ0) is 7.68. The summed E-state index contributed by atoms with van der Waals surface area (Å²) in [6, 6.07) is 0. The molecular formula is C8H14N2O. The van der Waals surface area contributed by atoms with Crippen molar-refractivity contribution < 1.29 is 4.79 Å². The molecule has 62 valence electrons. The van der Waals surface area contributed by atoms with E-state index in [9.17, 15) is 4.79 Å². The van der Waals surface area contributed by atoms with Crippen molar-refractivity contribution in [3.8, 4) is 0 Å². The highest BCUT2D eigenvalue weighted by Gasteiger charge is 2.32. The molecule has 11 heavy (non-hydrogen) atoms. The maximum atomic E-state index is 10.2. The Morgan fingerprint density at radius 1 is 1.36 bits per heavy atom. The van der Waals surface area contributed by atoms with Gasteiger partial charge in [-0.1, -0.05) is 0 Å². The van der Waals surface area contributed by atoms with Crippen LogP contribution in [0.1, 0.15) is 19.3 Å². The Labute approximate surface area is 66.8 Å². The quantitative estimate of drug-likeness (QED) is 0.575. The van der Waals surface area contributed by atoms with Crippen LogP contribution >= 0.6 is 0 Å². The first-order valence-corrected chi connectivity index (χ1v) is 4.34. The number of amides is 1. The maximum Gasteiger partial charge on any atom is 0.208 e. The predicted octanol–water partition coefficient (Wildman–Crippen LogP) is 0.174. The molecule has 3 heteroatoms. The number of rotatable bonds is 2. The van der Waals surface area contributed by atoms with Crippen molar-refractivity contribution >= 4 is 6.41 Å². The second-order valence-corrected chi connectivity index (χ2v) is 3.52. The van der Waals surface area contributed by atoms with Crippen molar-refractivity contribution in [2.45, 2.75) is 25.4 Å². The average Bonchev–Trinajstić information content (AvgIpc) is 2.07. The van der Waals surface area contributed by atoms with E-state index in [-0.39, 0.29) is 0 Å². The SMILES string of the molecule is O=CNC1CC2CCN1CC2. The van der Waals surface area contributed by atoms with Crippen LogP contribution < -0.4 is 5.32 Å². The second kappa shape index (κ2) is 2.81. The molecule has 0 spiro atoms. The molecule has 0 aromatic heterocycles. The van der Waals surface area contributed by atoms with Gasteiger partial charge < -0.3 is 5.32 Å². The molecule has 2 bridgehead atoms. The van der Waals surface area contributed by atoms with Crippen LogP contribution in [0.25, 0.3) is 0 Å². The monoisotopic (exact) mass is 154 g/mol. The molecule has 3 heterocycles. The van der Waals surface area contributed by atoms with E-state index in [4.69, 9.17) is 0 Å². The Kier molecular flexibility index (Phi) is 1.82. The highest BCUT2D eigenvalue weighted by atomic mass is 16.1. The summed E-state index contributed by atoms with van der Waals surface area (Å²) in [7, 11) is 0. The lowest BCUT2D eigenvalue weighted by Gasteiger charge is -2.44. The lowest BCUT2D eigenvalue weighted by atomic mass is 9.86. The van der Waals surface area contributed by atoms with Gasteiger partial charge >= 0.3 is 0 Å². The van der Waals surface area contributed by atoms with E-state index < -0.39 is 0 Å². The third-order valence-corrected chi connectivity index (χ3v) is 2.91. The normalized spacial score (nSPS) is 42.0. The van der Waals surface area contributed by atoms with Gasteiger partial charge in [-0.15, -0.1) is 0 Å². The number of carbonyl (C=O) groups excluding carboxylic acids is 1. The van der Waals surface area contributed by atoms with Crippen LogP contribution in [-0.4, -0.2) is 30.6 Å². The Bertz CT molecular complexity index is 152. The van der Waals surface area contributed by atoms with Crippen molar-refractivity contribution in [3.05, 3.63) is 0 Å². The van der Waals surface area contributed by atoms with Crippen molar-refractivity contribution in [3.63, 3.8) is 0 Å². The lowest BCUT2D eigenvalue weighted by Crippen LogP contribution is -2.54. The van der Waals surface area contributed by atoms with Crippen LogP contribution in [0.4, 0.5) is 0 Å². The van der Waals surface area contributed by atoms with E-state index in [1.54, 1.807) is 0 Å². The van der Waals surface area contributed by atoms with Gasteiger partial charge in [-0.25, -0.2) is 0 Å². The Morgan fingerprint density at radius 3 is 2.55 bits per heavy atom. The molecule has 3 aliphatic rings. The molecule has 3 nitrogen and oxygen atoms in total. The topological polar surface area (TPSA) is 32.3 Å². The number of carbonyl (C=O) groups is 1. The first kappa shape index (κ1) is 7.10. The fourth-order valence-electron chi connectivity index (χ4n) is 2.22. The fraction of sp³-hybridized carbons (Fsp3) is 0.875. The molecule has 3 aliphatic heterocycles. The maximum absolute atomic E-state index is 10.2. The van der Waals surface area contributed by atoms with Gasteiger partial charge in [0.05, 0.1) is 6.17 Å². The first-order valence-electron chi connectivity index (χ1n) is 4.34. The minimum absolute atomic E-state index is 0.347. The molecule has 1 N–H and O–H groups in total. The number of fused-ring (bicyclic) bond motifs is 3. The van der Waals surface area contributed by atoms with E-state index in [0.717, 1.165) is 12.3 Å². The van der Waals surface area contributed by atoms with Gasteiger partial charge in [0.15, 0.2) is 0 Å². The predicted molar refractivity (Wildman–Crippen MR) is 41.9 cm³/mol. The van der Waals surface area contributed by atoms with Gasteiger partial charge in [0.1, 0.15) is 0 Å². The van der Waals surface area contributed by atoms with Gasteiger partial charge in [-0.05, 0) is 25.2 Å². The summed E-state index contributed by atoms with van der Waals surface area (Å²) in [5.41, 5.74) is 0. The van der Waals surface area contributed by atoms with E-state index in [1.807, 2.05) is 0 Å². The molecular weight excluding hydrogens is 140 g/mol. The van der Waals surface area contributed by atoms with Crippen molar-refractivity contribution in [1.29, 1.82) is 0 Å². The summed E-state index contributed by atoms with van der Waals surface area (Å²) in [5.74, 6) is 0.873. The van der Waals surface area contributed by atoms with Crippen LogP contribution in [-0.2, 0) is 4.79 Å². The number of nitrogens with zero attached hydrogens (tertiary/aromatic N) is 1. The van der Waals surface area contributed by atoms with Gasteiger partial charge in [0, 0.05) is 13.1 Å². The van der Waals surface area contributed by atoms with E-state index in [2.05, 4.69) is 10.2 Å². The number of hydrogen-bond donors (Lipinski definition) is 1. The molecule has 3 rings (SSSR count). The van der Waals surface area contributed by atoms with Gasteiger partial charge in [-0.3, -0.25) is 9.69 Å². The third kappa shape index (κ3) is 1.25. The summed E-state index contributed by atoms with van der Waals surface area (Å²) in [6.07, 6.45) is 5.00. The molecule has 0 saturated carbocycles. The van der Waals surface area contributed by atoms with Crippen LogP contribution in [0.2, 0.25) is 0 Å². The molecule has 1 unspecified atom stereocenters. The summed E-state index contributed by atoms with van der Waals surface area (Å²) in [6.45, 7) is 2.35. The summed E-state index contributed by atoms with van der Waals surface area (Å²) >= 11 is 0. The smallest absolute Gasteiger partial charge is 0.208 e. The Morgan fingerprint density at radius 2 is 2.09 bits per heavy atom. The highest BCUT2D eigenvalue weighted by molar-refractivity contribution is 5.46. The summed E-state index contributed by atoms with van der Waals surface area (Å²) < 4.78 is 0. The van der Waals surface area contributed by atoms with Crippen molar-refractivity contribution in [1.82, 2.24) is 10.2 Å². The Hall–Kier alpha value is -0.570. The number of hydrogen-bond acceptors (Lipinski definition) is 2. The van der Waals surface area contributed by atoms with Crippen LogP contribution in [0.15, 0.2) is 0 Å². The zero-order valence-electron chi connectivity index (χ0n) is 6.62. The highest BCUT2D eigenvalue weighted by Crippen LogP contribution is 2.30. The lowest BCUT2D eigenvalue weighted by molar-refractivity contribution is -0.112. The first-order chi connectivity index (χ1) is 5.40. The number of nitrogens with one attached hydrogen (secondary N) is 1. The van der Waals surface area contributed by atoms with Gasteiger partial charge in [-0.2, -0.15) is 0 Å². The molecule has 0 aromatic rings.